The Bertz CT molecular complexity index is 802. The molecule has 0 amide bonds. The van der Waals surface area contributed by atoms with Crippen molar-refractivity contribution in [2.24, 2.45) is 5.92 Å². The number of rotatable bonds is 5. The van der Waals surface area contributed by atoms with Gasteiger partial charge in [0.15, 0.2) is 0 Å². The van der Waals surface area contributed by atoms with E-state index in [1.54, 1.807) is 16.8 Å². The van der Waals surface area contributed by atoms with Gasteiger partial charge in [0.2, 0.25) is 10.0 Å². The maximum absolute atomic E-state index is 11.8. The van der Waals surface area contributed by atoms with Crippen LogP contribution in [0.15, 0.2) is 24.7 Å². The molecule has 0 N–H and O–H groups in total. The van der Waals surface area contributed by atoms with Crippen molar-refractivity contribution in [2.75, 3.05) is 19.3 Å². The lowest BCUT2D eigenvalue weighted by Crippen LogP contribution is -2.39. The zero-order valence-corrected chi connectivity index (χ0v) is 14.9. The molecule has 3 rings (SSSR count). The van der Waals surface area contributed by atoms with Crippen molar-refractivity contribution in [2.45, 2.75) is 32.7 Å². The van der Waals surface area contributed by atoms with Gasteiger partial charge in [-0.3, -0.25) is 4.68 Å². The van der Waals surface area contributed by atoms with E-state index in [1.807, 2.05) is 23.7 Å². The molecule has 1 aliphatic rings. The number of nitrogens with zero attached hydrogens (tertiary/aromatic N) is 5. The molecule has 1 saturated heterocycles. The van der Waals surface area contributed by atoms with Gasteiger partial charge >= 0.3 is 0 Å². The number of aromatic nitrogens is 4. The Morgan fingerprint density at radius 1 is 1.33 bits per heavy atom. The van der Waals surface area contributed by atoms with Crippen molar-refractivity contribution in [3.05, 3.63) is 30.4 Å². The third-order valence-corrected chi connectivity index (χ3v) is 5.72. The molecule has 7 nitrogen and oxygen atoms in total. The Hall–Kier alpha value is -1.80. The molecule has 3 heterocycles. The number of hydrogen-bond donors (Lipinski definition) is 0. The van der Waals surface area contributed by atoms with E-state index in [4.69, 9.17) is 0 Å². The van der Waals surface area contributed by atoms with Crippen LogP contribution < -0.4 is 0 Å². The Labute approximate surface area is 142 Å². The van der Waals surface area contributed by atoms with Crippen molar-refractivity contribution >= 4 is 10.0 Å². The fourth-order valence-corrected chi connectivity index (χ4v) is 4.18. The lowest BCUT2D eigenvalue weighted by molar-refractivity contribution is 0.265. The van der Waals surface area contributed by atoms with E-state index in [-0.39, 0.29) is 0 Å². The molecule has 0 saturated carbocycles. The van der Waals surface area contributed by atoms with Crippen molar-refractivity contribution < 1.29 is 8.42 Å². The predicted molar refractivity (Wildman–Crippen MR) is 91.8 cm³/mol. The van der Waals surface area contributed by atoms with Gasteiger partial charge in [0.05, 0.1) is 17.6 Å². The van der Waals surface area contributed by atoms with Crippen molar-refractivity contribution in [1.29, 1.82) is 0 Å². The summed E-state index contributed by atoms with van der Waals surface area (Å²) >= 11 is 0. The third kappa shape index (κ3) is 3.81. The molecule has 1 aliphatic heterocycles. The maximum atomic E-state index is 11.8. The smallest absolute Gasteiger partial charge is 0.211 e. The molecule has 1 fully saturated rings. The first kappa shape index (κ1) is 17.0. The molecule has 0 spiro atoms. The van der Waals surface area contributed by atoms with Gasteiger partial charge in [0, 0.05) is 31.5 Å². The second-order valence-electron chi connectivity index (χ2n) is 6.26. The summed E-state index contributed by atoms with van der Waals surface area (Å²) in [5.41, 5.74) is 2.78. The van der Waals surface area contributed by atoms with Crippen LogP contribution in [0, 0.1) is 5.92 Å². The molecule has 2 aromatic heterocycles. The minimum Gasteiger partial charge on any atom is -0.264 e. The van der Waals surface area contributed by atoms with Crippen LogP contribution in [-0.2, 0) is 23.0 Å². The summed E-state index contributed by atoms with van der Waals surface area (Å²) in [5.74, 6) is 0.298. The van der Waals surface area contributed by atoms with Gasteiger partial charge in [0.1, 0.15) is 6.33 Å². The topological polar surface area (TPSA) is 81.0 Å². The quantitative estimate of drug-likeness (QED) is 0.818. The summed E-state index contributed by atoms with van der Waals surface area (Å²) in [7, 11) is -3.11. The summed E-state index contributed by atoms with van der Waals surface area (Å²) < 4.78 is 27.0. The zero-order chi connectivity index (χ0) is 17.2. The second kappa shape index (κ2) is 6.98. The highest BCUT2D eigenvalue weighted by atomic mass is 32.2. The second-order valence-corrected chi connectivity index (χ2v) is 8.24. The van der Waals surface area contributed by atoms with Gasteiger partial charge in [-0.05, 0) is 44.2 Å². The predicted octanol–water partition coefficient (Wildman–Crippen LogP) is 1.57. The standard InChI is InChI=1S/C16H23N5O2S/c1-3-21-16(6-7-19-21)15-10-14(17-12-18-15)9-13-5-4-8-20(11-13)24(2,22)23/h6-7,10,12-13H,3-5,8-9,11H2,1-2H3/t13-/m1/s1. The molecule has 0 bridgehead atoms. The molecule has 24 heavy (non-hydrogen) atoms. The number of sulfonamides is 1. The molecule has 8 heteroatoms. The van der Waals surface area contributed by atoms with Crippen LogP contribution in [0.1, 0.15) is 25.5 Å². The van der Waals surface area contributed by atoms with Gasteiger partial charge in [-0.25, -0.2) is 22.7 Å². The summed E-state index contributed by atoms with van der Waals surface area (Å²) in [6.45, 7) is 4.03. The van der Waals surface area contributed by atoms with Crippen molar-refractivity contribution in [1.82, 2.24) is 24.1 Å². The van der Waals surface area contributed by atoms with Crippen LogP contribution in [0.25, 0.3) is 11.4 Å². The monoisotopic (exact) mass is 349 g/mol. The third-order valence-electron chi connectivity index (χ3n) is 4.45. The van der Waals surface area contributed by atoms with E-state index in [1.165, 1.54) is 6.26 Å². The van der Waals surface area contributed by atoms with Crippen LogP contribution in [0.5, 0.6) is 0 Å². The van der Waals surface area contributed by atoms with Crippen LogP contribution in [0.4, 0.5) is 0 Å². The minimum atomic E-state index is -3.11. The summed E-state index contributed by atoms with van der Waals surface area (Å²) in [6.07, 6.45) is 7.32. The first-order valence-corrected chi connectivity index (χ1v) is 10.1. The Morgan fingerprint density at radius 2 is 2.17 bits per heavy atom. The molecule has 1 atom stereocenters. The SMILES string of the molecule is CCn1nccc1-c1cc(C[C@H]2CCCN(S(C)(=O)=O)C2)ncn1. The van der Waals surface area contributed by atoms with Gasteiger partial charge < -0.3 is 0 Å². The van der Waals surface area contributed by atoms with Gasteiger partial charge in [-0.2, -0.15) is 5.10 Å². The summed E-state index contributed by atoms with van der Waals surface area (Å²) in [5, 5.41) is 4.28. The Morgan fingerprint density at radius 3 is 2.92 bits per heavy atom. The van der Waals surface area contributed by atoms with Gasteiger partial charge in [-0.1, -0.05) is 0 Å². The molecule has 130 valence electrons. The molecule has 0 aliphatic carbocycles. The molecule has 0 unspecified atom stereocenters. The first-order chi connectivity index (χ1) is 11.5. The average Bonchev–Trinajstić information content (AvgIpc) is 3.03. The first-order valence-electron chi connectivity index (χ1n) is 8.25. The zero-order valence-electron chi connectivity index (χ0n) is 14.1. The lowest BCUT2D eigenvalue weighted by atomic mass is 9.94. The van der Waals surface area contributed by atoms with E-state index >= 15 is 0 Å². The minimum absolute atomic E-state index is 0.298. The normalized spacial score (nSPS) is 19.5. The summed E-state index contributed by atoms with van der Waals surface area (Å²) in [4.78, 5) is 8.74. The van der Waals surface area contributed by atoms with E-state index < -0.39 is 10.0 Å². The molecular weight excluding hydrogens is 326 g/mol. The van der Waals surface area contributed by atoms with Crippen LogP contribution in [0.2, 0.25) is 0 Å². The lowest BCUT2D eigenvalue weighted by Gasteiger charge is -2.30. The highest BCUT2D eigenvalue weighted by Gasteiger charge is 2.26. The Balaban J connectivity index is 1.75. The summed E-state index contributed by atoms with van der Waals surface area (Å²) in [6, 6.07) is 3.93. The van der Waals surface area contributed by atoms with E-state index in [0.717, 1.165) is 42.9 Å². The molecule has 2 aromatic rings. The van der Waals surface area contributed by atoms with E-state index in [0.29, 0.717) is 19.0 Å². The highest BCUT2D eigenvalue weighted by molar-refractivity contribution is 7.88. The fraction of sp³-hybridized carbons (Fsp3) is 0.562. The Kier molecular flexibility index (Phi) is 4.96. The van der Waals surface area contributed by atoms with Crippen molar-refractivity contribution in [3.63, 3.8) is 0 Å². The molecule has 0 aromatic carbocycles. The number of aryl methyl sites for hydroxylation is 1. The highest BCUT2D eigenvalue weighted by Crippen LogP contribution is 2.23. The van der Waals surface area contributed by atoms with Crippen LogP contribution >= 0.6 is 0 Å². The van der Waals surface area contributed by atoms with Crippen molar-refractivity contribution in [3.8, 4) is 11.4 Å². The van der Waals surface area contributed by atoms with E-state index in [9.17, 15) is 8.42 Å². The van der Waals surface area contributed by atoms with Gasteiger partial charge in [-0.15, -0.1) is 0 Å². The number of hydrogen-bond acceptors (Lipinski definition) is 5. The largest absolute Gasteiger partial charge is 0.264 e. The average molecular weight is 349 g/mol. The van der Waals surface area contributed by atoms with Crippen LogP contribution in [0.3, 0.4) is 0 Å². The maximum Gasteiger partial charge on any atom is 0.211 e. The molecule has 0 radical (unpaired) electrons. The van der Waals surface area contributed by atoms with Gasteiger partial charge in [0.25, 0.3) is 0 Å². The number of piperidine rings is 1. The van der Waals surface area contributed by atoms with E-state index in [2.05, 4.69) is 15.1 Å². The molecular formula is C16H23N5O2S. The van der Waals surface area contributed by atoms with Crippen LogP contribution in [-0.4, -0.2) is 51.8 Å². The fourth-order valence-electron chi connectivity index (χ4n) is 3.24.